The van der Waals surface area contributed by atoms with E-state index in [2.05, 4.69) is 5.32 Å². The lowest BCUT2D eigenvalue weighted by molar-refractivity contribution is -0.323. The standard InChI is InChI=1S/C57H90N2O22/c1-33-17-15-13-11-9-7-5-6-8-10-12-14-16-18-40(80-55-52(71)48(50(69)36(4)79-55)58-32-57(75)53(72)51(70)44(66)31-77-57)28-45-47(54(73)59-21-23-76-24-22-59)43(65)30-56(74,81-45)29-39(62)26-42(64)41(63)20-19-37(60)25-38(61)27-46(67)78-35(3)34(2)49(33)68/h5-18,33-45,47-53,55,58,60-66,68-72,74-75H,19-32H2,1-4H3/t33-,34-,35-,36+,37+,38+,39-,40-,41+,42+,43-,44+,45?,47?,48-,49+,50+,51+,52-,53-,55?,56+,57+/m0/s1. The summed E-state index contributed by atoms with van der Waals surface area (Å²) in [6.45, 7) is 6.27. The Kier molecular flexibility index (Phi) is 27.4. The van der Waals surface area contributed by atoms with Crippen molar-refractivity contribution in [3.05, 3.63) is 85.1 Å². The van der Waals surface area contributed by atoms with E-state index in [9.17, 15) is 81.1 Å². The van der Waals surface area contributed by atoms with Crippen molar-refractivity contribution in [2.75, 3.05) is 39.5 Å². The Morgan fingerprint density at radius 2 is 1.26 bits per heavy atom. The van der Waals surface area contributed by atoms with Crippen LogP contribution in [0.4, 0.5) is 0 Å². The van der Waals surface area contributed by atoms with Crippen molar-refractivity contribution >= 4 is 11.9 Å². The minimum Gasteiger partial charge on any atom is -0.462 e. The number of aliphatic hydroxyl groups excluding tert-OH is 12. The molecule has 0 spiro atoms. The molecule has 4 saturated heterocycles. The molecule has 23 atom stereocenters. The van der Waals surface area contributed by atoms with E-state index in [0.29, 0.717) is 0 Å². The number of ether oxygens (including phenoxy) is 6. The van der Waals surface area contributed by atoms with Gasteiger partial charge >= 0.3 is 5.97 Å². The van der Waals surface area contributed by atoms with E-state index in [1.54, 1.807) is 86.8 Å². The topological polar surface area (TPSA) is 388 Å². The molecule has 81 heavy (non-hydrogen) atoms. The quantitative estimate of drug-likeness (QED) is 0.127. The van der Waals surface area contributed by atoms with Crippen molar-refractivity contribution in [2.24, 2.45) is 17.8 Å². The zero-order valence-corrected chi connectivity index (χ0v) is 46.6. The first-order valence-corrected chi connectivity index (χ1v) is 28.0. The Hall–Kier alpha value is -3.68. The number of rotatable bonds is 6. The summed E-state index contributed by atoms with van der Waals surface area (Å²) in [6, 6.07) is -1.34. The van der Waals surface area contributed by atoms with Crippen LogP contribution < -0.4 is 5.32 Å². The maximum atomic E-state index is 14.4. The molecule has 4 fully saturated rings. The van der Waals surface area contributed by atoms with Gasteiger partial charge in [0.2, 0.25) is 11.7 Å². The molecular formula is C57H90N2O22. The highest BCUT2D eigenvalue weighted by Crippen LogP contribution is 2.39. The van der Waals surface area contributed by atoms with Gasteiger partial charge in [0.05, 0.1) is 112 Å². The maximum absolute atomic E-state index is 14.4. The number of morpholine rings is 1. The highest BCUT2D eigenvalue weighted by atomic mass is 16.7. The molecule has 3 unspecified atom stereocenters. The smallest absolute Gasteiger partial charge is 0.308 e. The number of nitrogens with zero attached hydrogens (tertiary/aromatic N) is 1. The molecule has 15 N–H and O–H groups in total. The van der Waals surface area contributed by atoms with Gasteiger partial charge in [-0.3, -0.25) is 9.59 Å². The normalized spacial score (nSPS) is 43.0. The van der Waals surface area contributed by atoms with Crippen molar-refractivity contribution in [3.8, 4) is 0 Å². The third kappa shape index (κ3) is 20.5. The van der Waals surface area contributed by atoms with Gasteiger partial charge < -0.3 is 110 Å². The number of hydrogen-bond donors (Lipinski definition) is 15. The van der Waals surface area contributed by atoms with Crippen LogP contribution in [0.1, 0.15) is 79.1 Å². The van der Waals surface area contributed by atoms with Crippen LogP contribution in [0.5, 0.6) is 0 Å². The second-order valence-corrected chi connectivity index (χ2v) is 22.2. The van der Waals surface area contributed by atoms with Gasteiger partial charge in [-0.15, -0.1) is 0 Å². The Balaban J connectivity index is 1.42. The lowest BCUT2D eigenvalue weighted by Crippen LogP contribution is -2.69. The lowest BCUT2D eigenvalue weighted by atomic mass is 9.81. The summed E-state index contributed by atoms with van der Waals surface area (Å²) in [5, 5.41) is 157. The average molecular weight is 1160 g/mol. The molecule has 24 heteroatoms. The third-order valence-corrected chi connectivity index (χ3v) is 15.6. The summed E-state index contributed by atoms with van der Waals surface area (Å²) in [5.41, 5.74) is 0. The van der Waals surface area contributed by atoms with Crippen molar-refractivity contribution in [2.45, 2.75) is 201 Å². The second kappa shape index (κ2) is 32.6. The molecule has 5 heterocycles. The van der Waals surface area contributed by atoms with Crippen molar-refractivity contribution < 1.29 is 110 Å². The van der Waals surface area contributed by atoms with Crippen LogP contribution in [0.25, 0.3) is 0 Å². The van der Waals surface area contributed by atoms with Gasteiger partial charge in [-0.25, -0.2) is 0 Å². The molecule has 1 amide bonds. The molecule has 0 aromatic carbocycles. The van der Waals surface area contributed by atoms with Gasteiger partial charge in [-0.1, -0.05) is 98.9 Å². The first kappa shape index (κ1) is 68.1. The largest absolute Gasteiger partial charge is 0.462 e. The number of esters is 1. The van der Waals surface area contributed by atoms with E-state index >= 15 is 0 Å². The third-order valence-electron chi connectivity index (χ3n) is 15.6. The Labute approximate surface area is 473 Å². The van der Waals surface area contributed by atoms with Crippen LogP contribution in [-0.4, -0.2) is 249 Å². The summed E-state index contributed by atoms with van der Waals surface area (Å²) < 4.78 is 34.9. The lowest BCUT2D eigenvalue weighted by Gasteiger charge is -2.47. The number of carbonyl (C=O) groups is 2. The Bertz CT molecular complexity index is 2140. The zero-order chi connectivity index (χ0) is 59.6. The molecule has 5 aliphatic rings. The van der Waals surface area contributed by atoms with E-state index in [0.717, 1.165) is 0 Å². The molecule has 0 radical (unpaired) electrons. The van der Waals surface area contributed by atoms with Gasteiger partial charge in [0.1, 0.15) is 30.5 Å². The van der Waals surface area contributed by atoms with Gasteiger partial charge in [0, 0.05) is 50.6 Å². The number of carbonyl (C=O) groups excluding carboxylic acids is 2. The van der Waals surface area contributed by atoms with E-state index < -0.39 is 184 Å². The minimum absolute atomic E-state index is 0.129. The number of amides is 1. The SMILES string of the molecule is C[C@@H]1[C@H](O)[C@@H](C)C=CC=CC=CC=CC=CC=CC=C[C@H](OC2O[C@H](C)[C@@H](O)[C@H](NC[C@@]3(O)OC[C@@H](O)[C@@H](O)[C@@H]3O)[C@@H]2O)CC2O[C@](O)(C[C@@H](O)C[C@@H](O)[C@H](O)CC[C@@H](O)C[C@@H](O)CC(=O)O[C@H]1C)C[C@H](O)C2C(=O)N1CCOCC1. The molecule has 460 valence electrons. The van der Waals surface area contributed by atoms with Gasteiger partial charge in [-0.2, -0.15) is 0 Å². The highest BCUT2D eigenvalue weighted by Gasteiger charge is 2.53. The zero-order valence-electron chi connectivity index (χ0n) is 46.6. The number of cyclic esters (lactones) is 1. The molecular weight excluding hydrogens is 1060 g/mol. The van der Waals surface area contributed by atoms with Crippen LogP contribution >= 0.6 is 0 Å². The molecule has 0 saturated carbocycles. The fourth-order valence-electron chi connectivity index (χ4n) is 10.5. The molecule has 0 aliphatic carbocycles. The second-order valence-electron chi connectivity index (χ2n) is 22.2. The summed E-state index contributed by atoms with van der Waals surface area (Å²) in [6.07, 6.45) is -2.91. The van der Waals surface area contributed by atoms with E-state index in [4.69, 9.17) is 28.4 Å². The molecule has 5 rings (SSSR count). The molecule has 0 aromatic rings. The van der Waals surface area contributed by atoms with Crippen LogP contribution in [0.3, 0.4) is 0 Å². The van der Waals surface area contributed by atoms with Crippen molar-refractivity contribution in [1.82, 2.24) is 10.2 Å². The fourth-order valence-corrected chi connectivity index (χ4v) is 10.5. The van der Waals surface area contributed by atoms with Crippen LogP contribution in [0, 0.1) is 17.8 Å². The van der Waals surface area contributed by atoms with Gasteiger partial charge in [0.25, 0.3) is 0 Å². The minimum atomic E-state index is -2.46. The first-order chi connectivity index (χ1) is 38.3. The predicted octanol–water partition coefficient (Wildman–Crippen LogP) is -2.08. The number of allylic oxidation sites excluding steroid dienone is 12. The molecule has 0 aromatic heterocycles. The van der Waals surface area contributed by atoms with Gasteiger partial charge in [-0.05, 0) is 33.1 Å². The number of fused-ring (bicyclic) bond motifs is 2. The predicted molar refractivity (Wildman–Crippen MR) is 289 cm³/mol. The number of aliphatic hydroxyl groups is 14. The van der Waals surface area contributed by atoms with Crippen LogP contribution in [0.2, 0.25) is 0 Å². The monoisotopic (exact) mass is 1150 g/mol. The first-order valence-electron chi connectivity index (χ1n) is 28.0. The van der Waals surface area contributed by atoms with E-state index in [1.165, 1.54) is 17.9 Å². The molecule has 5 aliphatic heterocycles. The fraction of sp³-hybridized carbons (Fsp3) is 0.719. The van der Waals surface area contributed by atoms with Crippen molar-refractivity contribution in [1.29, 1.82) is 0 Å². The van der Waals surface area contributed by atoms with Crippen LogP contribution in [0.15, 0.2) is 85.1 Å². The van der Waals surface area contributed by atoms with E-state index in [-0.39, 0.29) is 57.9 Å². The Morgan fingerprint density at radius 1 is 0.654 bits per heavy atom. The summed E-state index contributed by atoms with van der Waals surface area (Å²) >= 11 is 0. The summed E-state index contributed by atoms with van der Waals surface area (Å²) in [4.78, 5) is 28.6. The maximum Gasteiger partial charge on any atom is 0.308 e. The Morgan fingerprint density at radius 3 is 1.89 bits per heavy atom. The van der Waals surface area contributed by atoms with E-state index in [1.807, 2.05) is 13.0 Å². The molecule has 2 bridgehead atoms. The molecule has 24 nitrogen and oxygen atoms in total. The van der Waals surface area contributed by atoms with Crippen LogP contribution in [-0.2, 0) is 38.0 Å². The summed E-state index contributed by atoms with van der Waals surface area (Å²) in [5.74, 6) is -8.22. The number of hydrogen-bond acceptors (Lipinski definition) is 23. The summed E-state index contributed by atoms with van der Waals surface area (Å²) in [7, 11) is 0. The van der Waals surface area contributed by atoms with Gasteiger partial charge in [0.15, 0.2) is 12.1 Å². The number of nitrogens with one attached hydrogen (secondary N) is 1. The average Bonchev–Trinajstić information content (AvgIpc) is 3.62. The highest BCUT2D eigenvalue weighted by molar-refractivity contribution is 5.80. The van der Waals surface area contributed by atoms with Crippen molar-refractivity contribution in [3.63, 3.8) is 0 Å².